The van der Waals surface area contributed by atoms with Gasteiger partial charge in [0.1, 0.15) is 12.4 Å². The van der Waals surface area contributed by atoms with Gasteiger partial charge in [-0.3, -0.25) is 0 Å². The molecule has 1 heterocycles. The molecule has 156 valence electrons. The van der Waals surface area contributed by atoms with E-state index in [-0.39, 0.29) is 23.8 Å². The average Bonchev–Trinajstić information content (AvgIpc) is 3.08. The molecule has 1 N–H and O–H groups in total. The van der Waals surface area contributed by atoms with Crippen molar-refractivity contribution in [3.8, 4) is 21.9 Å². The van der Waals surface area contributed by atoms with E-state index in [2.05, 4.69) is 15.9 Å². The third-order valence-corrected chi connectivity index (χ3v) is 6.21. The summed E-state index contributed by atoms with van der Waals surface area (Å²) in [5, 5.41) is 9.55. The molecule has 0 radical (unpaired) electrons. The van der Waals surface area contributed by atoms with E-state index >= 15 is 0 Å². The maximum Gasteiger partial charge on any atom is 0.349 e. The Morgan fingerprint density at radius 1 is 1.07 bits per heavy atom. The second-order valence-corrected chi connectivity index (χ2v) is 7.92. The summed E-state index contributed by atoms with van der Waals surface area (Å²) < 4.78 is 16.6. The van der Waals surface area contributed by atoms with Crippen molar-refractivity contribution in [2.24, 2.45) is 0 Å². The lowest BCUT2D eigenvalue weighted by atomic mass is 10.1. The van der Waals surface area contributed by atoms with Crippen LogP contribution in [0.2, 0.25) is 0 Å². The van der Waals surface area contributed by atoms with Crippen LogP contribution in [0.5, 0.6) is 11.5 Å². The minimum absolute atomic E-state index is 0.00298. The van der Waals surface area contributed by atoms with Crippen molar-refractivity contribution >= 4 is 39.2 Å². The van der Waals surface area contributed by atoms with Crippen molar-refractivity contribution in [1.82, 2.24) is 0 Å². The molecule has 0 atom stereocenters. The normalized spacial score (nSPS) is 10.5. The SMILES string of the molecule is CCOC(=O)COc1c(C(=O)O)sc(-c2cccc(OCc3ccccc3)c2)c1Br. The van der Waals surface area contributed by atoms with E-state index < -0.39 is 11.9 Å². The molecule has 0 aliphatic carbocycles. The maximum absolute atomic E-state index is 11.7. The number of hydrogen-bond acceptors (Lipinski definition) is 6. The van der Waals surface area contributed by atoms with Crippen LogP contribution in [0.4, 0.5) is 0 Å². The summed E-state index contributed by atoms with van der Waals surface area (Å²) in [6, 6.07) is 17.2. The van der Waals surface area contributed by atoms with Crippen LogP contribution in [0.1, 0.15) is 22.2 Å². The fourth-order valence-corrected chi connectivity index (χ4v) is 4.54. The number of carbonyl (C=O) groups is 2. The number of rotatable bonds is 9. The Hall–Kier alpha value is -2.84. The molecule has 2 aromatic carbocycles. The minimum atomic E-state index is -1.14. The second-order valence-electron chi connectivity index (χ2n) is 6.10. The van der Waals surface area contributed by atoms with Gasteiger partial charge in [-0.15, -0.1) is 11.3 Å². The fraction of sp³-hybridized carbons (Fsp3) is 0.182. The first-order valence-electron chi connectivity index (χ1n) is 9.10. The van der Waals surface area contributed by atoms with E-state index in [9.17, 15) is 14.7 Å². The van der Waals surface area contributed by atoms with Crippen molar-refractivity contribution in [2.75, 3.05) is 13.2 Å². The molecule has 0 bridgehead atoms. The van der Waals surface area contributed by atoms with Crippen LogP contribution in [0.15, 0.2) is 59.1 Å². The van der Waals surface area contributed by atoms with Gasteiger partial charge in [-0.05, 0) is 46.1 Å². The third-order valence-electron chi connectivity index (χ3n) is 3.99. The largest absolute Gasteiger partial charge is 0.489 e. The first kappa shape index (κ1) is 21.9. The molecule has 3 rings (SSSR count). The fourth-order valence-electron chi connectivity index (χ4n) is 2.65. The van der Waals surface area contributed by atoms with Gasteiger partial charge in [0.05, 0.1) is 16.0 Å². The van der Waals surface area contributed by atoms with Crippen LogP contribution in [0, 0.1) is 0 Å². The molecule has 30 heavy (non-hydrogen) atoms. The smallest absolute Gasteiger partial charge is 0.349 e. The summed E-state index contributed by atoms with van der Waals surface area (Å²) in [7, 11) is 0. The summed E-state index contributed by atoms with van der Waals surface area (Å²) in [5.41, 5.74) is 1.81. The van der Waals surface area contributed by atoms with Crippen molar-refractivity contribution in [1.29, 1.82) is 0 Å². The van der Waals surface area contributed by atoms with Crippen molar-refractivity contribution in [3.63, 3.8) is 0 Å². The Morgan fingerprint density at radius 2 is 1.83 bits per heavy atom. The first-order valence-corrected chi connectivity index (χ1v) is 10.7. The van der Waals surface area contributed by atoms with Crippen molar-refractivity contribution in [3.05, 3.63) is 69.5 Å². The Morgan fingerprint density at radius 3 is 2.53 bits per heavy atom. The molecule has 6 nitrogen and oxygen atoms in total. The van der Waals surface area contributed by atoms with Gasteiger partial charge in [0, 0.05) is 0 Å². The Labute approximate surface area is 186 Å². The van der Waals surface area contributed by atoms with Crippen LogP contribution >= 0.6 is 27.3 Å². The first-order chi connectivity index (χ1) is 14.5. The van der Waals surface area contributed by atoms with E-state index in [1.165, 1.54) is 0 Å². The lowest BCUT2D eigenvalue weighted by Crippen LogP contribution is -2.15. The van der Waals surface area contributed by atoms with Crippen LogP contribution in [-0.2, 0) is 16.1 Å². The Kier molecular flexibility index (Phi) is 7.48. The van der Waals surface area contributed by atoms with Crippen LogP contribution in [0.3, 0.4) is 0 Å². The zero-order valence-electron chi connectivity index (χ0n) is 16.1. The molecule has 8 heteroatoms. The Balaban J connectivity index is 1.83. The van der Waals surface area contributed by atoms with Crippen LogP contribution in [-0.4, -0.2) is 30.3 Å². The number of hydrogen-bond donors (Lipinski definition) is 1. The average molecular weight is 491 g/mol. The number of thiophene rings is 1. The zero-order chi connectivity index (χ0) is 21.5. The number of carbonyl (C=O) groups excluding carboxylic acids is 1. The highest BCUT2D eigenvalue weighted by molar-refractivity contribution is 9.10. The lowest BCUT2D eigenvalue weighted by Gasteiger charge is -2.08. The molecule has 0 aliphatic rings. The van der Waals surface area contributed by atoms with E-state index in [0.29, 0.717) is 21.7 Å². The van der Waals surface area contributed by atoms with E-state index in [1.807, 2.05) is 54.6 Å². The predicted molar refractivity (Wildman–Crippen MR) is 117 cm³/mol. The quantitative estimate of drug-likeness (QED) is 0.404. The number of carboxylic acids is 1. The monoisotopic (exact) mass is 490 g/mol. The molecular formula is C22H19BrO6S. The number of aromatic carboxylic acids is 1. The number of carboxylic acid groups (broad SMARTS) is 1. The molecule has 3 aromatic rings. The molecule has 0 amide bonds. The van der Waals surface area contributed by atoms with Crippen LogP contribution < -0.4 is 9.47 Å². The van der Waals surface area contributed by atoms with E-state index in [1.54, 1.807) is 6.92 Å². The highest BCUT2D eigenvalue weighted by Gasteiger charge is 2.24. The van der Waals surface area contributed by atoms with Crippen molar-refractivity contribution < 1.29 is 28.9 Å². The van der Waals surface area contributed by atoms with Crippen molar-refractivity contribution in [2.45, 2.75) is 13.5 Å². The lowest BCUT2D eigenvalue weighted by molar-refractivity contribution is -0.145. The number of esters is 1. The van der Waals surface area contributed by atoms with Gasteiger partial charge < -0.3 is 19.3 Å². The topological polar surface area (TPSA) is 82.1 Å². The van der Waals surface area contributed by atoms with E-state index in [0.717, 1.165) is 22.5 Å². The highest BCUT2D eigenvalue weighted by atomic mass is 79.9. The Bertz CT molecular complexity index is 1030. The number of benzene rings is 2. The molecule has 1 aromatic heterocycles. The van der Waals surface area contributed by atoms with Gasteiger partial charge in [0.15, 0.2) is 17.2 Å². The second kappa shape index (κ2) is 10.3. The van der Waals surface area contributed by atoms with E-state index in [4.69, 9.17) is 14.2 Å². The molecule has 0 saturated carbocycles. The highest BCUT2D eigenvalue weighted by Crippen LogP contribution is 2.46. The molecule has 0 fully saturated rings. The standard InChI is InChI=1S/C22H19BrO6S/c1-2-27-17(24)13-29-19-18(23)20(30-21(19)22(25)26)15-9-6-10-16(11-15)28-12-14-7-4-3-5-8-14/h3-11H,2,12-13H2,1H3,(H,25,26). The molecule has 0 spiro atoms. The maximum atomic E-state index is 11.7. The summed E-state index contributed by atoms with van der Waals surface area (Å²) in [5.74, 6) is -0.944. The molecule has 0 unspecified atom stereocenters. The molecule has 0 aliphatic heterocycles. The van der Waals surface area contributed by atoms with Gasteiger partial charge in [0.2, 0.25) is 0 Å². The summed E-state index contributed by atoms with van der Waals surface area (Å²) in [6.07, 6.45) is 0. The summed E-state index contributed by atoms with van der Waals surface area (Å²) in [6.45, 7) is 1.96. The number of ether oxygens (including phenoxy) is 3. The minimum Gasteiger partial charge on any atom is -0.489 e. The van der Waals surface area contributed by atoms with Gasteiger partial charge in [-0.25, -0.2) is 9.59 Å². The molecule has 0 saturated heterocycles. The molecular weight excluding hydrogens is 472 g/mol. The summed E-state index contributed by atoms with van der Waals surface area (Å²) >= 11 is 4.48. The van der Waals surface area contributed by atoms with Crippen LogP contribution in [0.25, 0.3) is 10.4 Å². The summed E-state index contributed by atoms with van der Waals surface area (Å²) in [4.78, 5) is 23.9. The van der Waals surface area contributed by atoms with Gasteiger partial charge >= 0.3 is 11.9 Å². The van der Waals surface area contributed by atoms with Gasteiger partial charge in [0.25, 0.3) is 0 Å². The number of halogens is 1. The zero-order valence-corrected chi connectivity index (χ0v) is 18.5. The third kappa shape index (κ3) is 5.40. The van der Waals surface area contributed by atoms with Gasteiger partial charge in [-0.2, -0.15) is 0 Å². The van der Waals surface area contributed by atoms with Gasteiger partial charge in [-0.1, -0.05) is 42.5 Å². The predicted octanol–water partition coefficient (Wildman–Crippen LogP) is 5.40.